The molecule has 0 fully saturated rings. The maximum absolute atomic E-state index is 12.5. The van der Waals surface area contributed by atoms with Crippen LogP contribution in [0.3, 0.4) is 0 Å². The van der Waals surface area contributed by atoms with Gasteiger partial charge in [0.05, 0.1) is 12.0 Å². The summed E-state index contributed by atoms with van der Waals surface area (Å²) in [6, 6.07) is 8.02. The number of anilines is 2. The summed E-state index contributed by atoms with van der Waals surface area (Å²) in [7, 11) is -2.18. The number of benzene rings is 1. The van der Waals surface area contributed by atoms with Gasteiger partial charge in [0.25, 0.3) is 10.0 Å². The van der Waals surface area contributed by atoms with Gasteiger partial charge < -0.3 is 9.64 Å². The van der Waals surface area contributed by atoms with Crippen molar-refractivity contribution < 1.29 is 13.2 Å². The van der Waals surface area contributed by atoms with Crippen molar-refractivity contribution in [1.82, 2.24) is 10.2 Å². The molecule has 0 aliphatic heterocycles. The molecule has 0 atom stereocenters. The molecule has 0 unspecified atom stereocenters. The number of nitrogens with zero attached hydrogens (tertiary/aromatic N) is 3. The predicted molar refractivity (Wildman–Crippen MR) is 94.1 cm³/mol. The van der Waals surface area contributed by atoms with Crippen molar-refractivity contribution in [2.45, 2.75) is 25.7 Å². The fourth-order valence-corrected chi connectivity index (χ4v) is 3.39. The first-order chi connectivity index (χ1) is 11.4. The van der Waals surface area contributed by atoms with Crippen LogP contribution in [0.1, 0.15) is 19.4 Å². The molecule has 7 nitrogen and oxygen atoms in total. The molecule has 1 heterocycles. The molecule has 8 heteroatoms. The molecule has 0 aliphatic rings. The van der Waals surface area contributed by atoms with Crippen LogP contribution in [0.5, 0.6) is 5.75 Å². The Morgan fingerprint density at radius 1 is 1.12 bits per heavy atom. The minimum Gasteiger partial charge on any atom is -0.496 e. The zero-order valence-electron chi connectivity index (χ0n) is 14.3. The highest BCUT2D eigenvalue weighted by Crippen LogP contribution is 2.23. The largest absolute Gasteiger partial charge is 0.496 e. The summed E-state index contributed by atoms with van der Waals surface area (Å²) < 4.78 is 32.5. The van der Waals surface area contributed by atoms with Gasteiger partial charge >= 0.3 is 0 Å². The molecule has 0 amide bonds. The van der Waals surface area contributed by atoms with Crippen molar-refractivity contribution in [3.8, 4) is 5.75 Å². The van der Waals surface area contributed by atoms with Gasteiger partial charge in [-0.05, 0) is 56.7 Å². The molecule has 2 aromatic rings. The molecule has 1 N–H and O–H groups in total. The third-order valence-electron chi connectivity index (χ3n) is 3.65. The Morgan fingerprint density at radius 2 is 1.83 bits per heavy atom. The maximum atomic E-state index is 12.5. The number of nitrogens with one attached hydrogen (secondary N) is 1. The lowest BCUT2D eigenvalue weighted by molar-refractivity contribution is 0.411. The van der Waals surface area contributed by atoms with Crippen LogP contribution in [0.2, 0.25) is 0 Å². The van der Waals surface area contributed by atoms with E-state index in [2.05, 4.69) is 14.9 Å². The SMILES string of the molecule is CCN(CC)c1ccc(NS(=O)(=O)c2ccc(OC)c(C)c2)nn1. The third kappa shape index (κ3) is 3.94. The van der Waals surface area contributed by atoms with E-state index in [0.29, 0.717) is 11.6 Å². The van der Waals surface area contributed by atoms with Gasteiger partial charge in [0.15, 0.2) is 11.6 Å². The molecule has 0 aliphatic carbocycles. The lowest BCUT2D eigenvalue weighted by atomic mass is 10.2. The van der Waals surface area contributed by atoms with Crippen molar-refractivity contribution >= 4 is 21.7 Å². The standard InChI is InChI=1S/C16H22N4O3S/c1-5-20(6-2)16-10-9-15(17-18-16)19-24(21,22)13-7-8-14(23-4)12(3)11-13/h7-11H,5-6H2,1-4H3,(H,17,19). The number of aromatic nitrogens is 2. The minimum absolute atomic E-state index is 0.149. The Balaban J connectivity index is 2.21. The summed E-state index contributed by atoms with van der Waals surface area (Å²) in [5, 5.41) is 8.03. The summed E-state index contributed by atoms with van der Waals surface area (Å²) >= 11 is 0. The van der Waals surface area contributed by atoms with Gasteiger partial charge in [0.2, 0.25) is 0 Å². The van der Waals surface area contributed by atoms with Gasteiger partial charge in [-0.3, -0.25) is 4.72 Å². The smallest absolute Gasteiger partial charge is 0.263 e. The Bertz CT molecular complexity index is 787. The first kappa shape index (κ1) is 18.0. The fourth-order valence-electron chi connectivity index (χ4n) is 2.31. The normalized spacial score (nSPS) is 11.2. The third-order valence-corrected chi connectivity index (χ3v) is 5.01. The molecule has 24 heavy (non-hydrogen) atoms. The molecule has 1 aromatic heterocycles. The van der Waals surface area contributed by atoms with Gasteiger partial charge in [-0.25, -0.2) is 8.42 Å². The Morgan fingerprint density at radius 3 is 2.33 bits per heavy atom. The van der Waals surface area contributed by atoms with Crippen LogP contribution in [0.15, 0.2) is 35.2 Å². The van der Waals surface area contributed by atoms with Gasteiger partial charge in [0, 0.05) is 13.1 Å². The molecule has 0 saturated heterocycles. The number of aryl methyl sites for hydroxylation is 1. The molecule has 0 radical (unpaired) electrons. The Hall–Kier alpha value is -2.35. The van der Waals surface area contributed by atoms with Crippen molar-refractivity contribution in [2.24, 2.45) is 0 Å². The summed E-state index contributed by atoms with van der Waals surface area (Å²) in [6.07, 6.45) is 0. The van der Waals surface area contributed by atoms with Crippen LogP contribution in [0.25, 0.3) is 0 Å². The monoisotopic (exact) mass is 350 g/mol. The lowest BCUT2D eigenvalue weighted by Gasteiger charge is -2.18. The number of hydrogen-bond donors (Lipinski definition) is 1. The summed E-state index contributed by atoms with van der Waals surface area (Å²) in [5.41, 5.74) is 0.739. The second-order valence-corrected chi connectivity index (χ2v) is 6.87. The zero-order valence-corrected chi connectivity index (χ0v) is 15.1. The van der Waals surface area contributed by atoms with Gasteiger partial charge in [-0.2, -0.15) is 0 Å². The zero-order chi connectivity index (χ0) is 17.7. The van der Waals surface area contributed by atoms with Crippen LogP contribution in [-0.4, -0.2) is 38.8 Å². The highest BCUT2D eigenvalue weighted by atomic mass is 32.2. The molecular weight excluding hydrogens is 328 g/mol. The number of hydrogen-bond acceptors (Lipinski definition) is 6. The lowest BCUT2D eigenvalue weighted by Crippen LogP contribution is -2.23. The van der Waals surface area contributed by atoms with E-state index in [4.69, 9.17) is 4.74 Å². The highest BCUT2D eigenvalue weighted by molar-refractivity contribution is 7.92. The van der Waals surface area contributed by atoms with E-state index in [-0.39, 0.29) is 10.7 Å². The van der Waals surface area contributed by atoms with E-state index in [1.165, 1.54) is 6.07 Å². The van der Waals surface area contributed by atoms with E-state index in [0.717, 1.165) is 18.7 Å². The van der Waals surface area contributed by atoms with Crippen LogP contribution in [-0.2, 0) is 10.0 Å². The van der Waals surface area contributed by atoms with Crippen LogP contribution < -0.4 is 14.4 Å². The van der Waals surface area contributed by atoms with Crippen molar-refractivity contribution in [3.05, 3.63) is 35.9 Å². The van der Waals surface area contributed by atoms with Crippen molar-refractivity contribution in [1.29, 1.82) is 0 Å². The second-order valence-electron chi connectivity index (χ2n) is 5.19. The minimum atomic E-state index is -3.73. The highest BCUT2D eigenvalue weighted by Gasteiger charge is 2.17. The van der Waals surface area contributed by atoms with Crippen molar-refractivity contribution in [2.75, 3.05) is 29.8 Å². The predicted octanol–water partition coefficient (Wildman–Crippen LogP) is 2.44. The maximum Gasteiger partial charge on any atom is 0.263 e. The number of methoxy groups -OCH3 is 1. The molecule has 0 saturated carbocycles. The average Bonchev–Trinajstić information content (AvgIpc) is 2.57. The van der Waals surface area contributed by atoms with E-state index in [1.807, 2.05) is 18.7 Å². The molecule has 0 spiro atoms. The second kappa shape index (κ2) is 7.48. The average molecular weight is 350 g/mol. The van der Waals surface area contributed by atoms with Crippen LogP contribution >= 0.6 is 0 Å². The first-order valence-electron chi connectivity index (χ1n) is 7.67. The molecule has 130 valence electrons. The van der Waals surface area contributed by atoms with Crippen LogP contribution in [0, 0.1) is 6.92 Å². The van der Waals surface area contributed by atoms with Crippen molar-refractivity contribution in [3.63, 3.8) is 0 Å². The summed E-state index contributed by atoms with van der Waals surface area (Å²) in [4.78, 5) is 2.17. The van der Waals surface area contributed by atoms with E-state index < -0.39 is 10.0 Å². The Kier molecular flexibility index (Phi) is 5.61. The summed E-state index contributed by atoms with van der Waals surface area (Å²) in [5.74, 6) is 1.53. The Labute approximate surface area is 142 Å². The number of ether oxygens (including phenoxy) is 1. The summed E-state index contributed by atoms with van der Waals surface area (Å²) in [6.45, 7) is 7.45. The molecule has 2 rings (SSSR count). The first-order valence-corrected chi connectivity index (χ1v) is 9.15. The van der Waals surface area contributed by atoms with E-state index in [1.54, 1.807) is 38.3 Å². The quantitative estimate of drug-likeness (QED) is 0.826. The number of sulfonamides is 1. The molecule has 0 bridgehead atoms. The van der Waals surface area contributed by atoms with Gasteiger partial charge in [-0.1, -0.05) is 0 Å². The van der Waals surface area contributed by atoms with Gasteiger partial charge in [-0.15, -0.1) is 10.2 Å². The van der Waals surface area contributed by atoms with E-state index >= 15 is 0 Å². The van der Waals surface area contributed by atoms with Crippen LogP contribution in [0.4, 0.5) is 11.6 Å². The van der Waals surface area contributed by atoms with Gasteiger partial charge in [0.1, 0.15) is 5.75 Å². The fraction of sp³-hybridized carbons (Fsp3) is 0.375. The molecular formula is C16H22N4O3S. The number of rotatable bonds is 7. The topological polar surface area (TPSA) is 84.4 Å². The molecule has 1 aromatic carbocycles. The van der Waals surface area contributed by atoms with E-state index in [9.17, 15) is 8.42 Å².